The molecule has 0 spiro atoms. The summed E-state index contributed by atoms with van der Waals surface area (Å²) in [4.78, 5) is 25.0. The summed E-state index contributed by atoms with van der Waals surface area (Å²) in [7, 11) is 0. The van der Waals surface area contributed by atoms with Gasteiger partial charge in [0.05, 0.1) is 29.5 Å². The normalized spacial score (nSPS) is 14.1. The second-order valence-corrected chi connectivity index (χ2v) is 6.83. The molecule has 1 heterocycles. The maximum absolute atomic E-state index is 12.7. The number of anilines is 2. The highest BCUT2D eigenvalue weighted by Crippen LogP contribution is 2.31. The van der Waals surface area contributed by atoms with Gasteiger partial charge in [-0.25, -0.2) is 0 Å². The van der Waals surface area contributed by atoms with Crippen LogP contribution in [-0.2, 0) is 9.53 Å². The van der Waals surface area contributed by atoms with Crippen LogP contribution in [0.25, 0.3) is 6.08 Å². The van der Waals surface area contributed by atoms with Crippen LogP contribution >= 0.6 is 11.6 Å². The van der Waals surface area contributed by atoms with Crippen molar-refractivity contribution in [2.24, 2.45) is 0 Å². The Morgan fingerprint density at radius 2 is 2.03 bits per heavy atom. The van der Waals surface area contributed by atoms with Crippen molar-refractivity contribution in [3.63, 3.8) is 0 Å². The molecule has 0 atom stereocenters. The van der Waals surface area contributed by atoms with Gasteiger partial charge in [-0.15, -0.1) is 0 Å². The van der Waals surface area contributed by atoms with Gasteiger partial charge < -0.3 is 20.1 Å². The fourth-order valence-corrected chi connectivity index (χ4v) is 3.14. The Bertz CT molecular complexity index is 1060. The summed E-state index contributed by atoms with van der Waals surface area (Å²) >= 11 is 6.08. The van der Waals surface area contributed by atoms with Gasteiger partial charge >= 0.3 is 5.69 Å². The van der Waals surface area contributed by atoms with E-state index >= 15 is 0 Å². The van der Waals surface area contributed by atoms with Crippen LogP contribution in [-0.4, -0.2) is 42.2 Å². The highest BCUT2D eigenvalue weighted by molar-refractivity contribution is 6.31. The Labute approximate surface area is 176 Å². The van der Waals surface area contributed by atoms with E-state index < -0.39 is 22.3 Å². The van der Waals surface area contributed by atoms with E-state index in [1.165, 1.54) is 12.1 Å². The average molecular weight is 429 g/mol. The summed E-state index contributed by atoms with van der Waals surface area (Å²) in [5.74, 6) is -1.20. The number of amides is 1. The minimum absolute atomic E-state index is 0.227. The smallest absolute Gasteiger partial charge is 0.311 e. The molecule has 0 aromatic heterocycles. The van der Waals surface area contributed by atoms with Crippen LogP contribution in [0, 0.1) is 21.4 Å². The Morgan fingerprint density at radius 3 is 2.70 bits per heavy atom. The average Bonchev–Trinajstić information content (AvgIpc) is 2.73. The van der Waals surface area contributed by atoms with Gasteiger partial charge in [-0.2, -0.15) is 5.26 Å². The first-order chi connectivity index (χ1) is 14.4. The van der Waals surface area contributed by atoms with Gasteiger partial charge in [0, 0.05) is 24.2 Å². The number of halogens is 1. The van der Waals surface area contributed by atoms with Gasteiger partial charge in [0.25, 0.3) is 5.91 Å². The fraction of sp³-hybridized carbons (Fsp3) is 0.200. The molecule has 10 heteroatoms. The van der Waals surface area contributed by atoms with Crippen molar-refractivity contribution in [2.45, 2.75) is 0 Å². The largest absolute Gasteiger partial charge is 0.502 e. The number of rotatable bonds is 5. The minimum atomic E-state index is -0.751. The number of nitro benzene ring substituents is 1. The zero-order valence-electron chi connectivity index (χ0n) is 15.7. The molecular formula is C20H17ClN4O5. The predicted molar refractivity (Wildman–Crippen MR) is 111 cm³/mol. The summed E-state index contributed by atoms with van der Waals surface area (Å²) in [5.41, 5.74) is 0.625. The SMILES string of the molecule is N#C/C(=C\c1ccc(O)c([N+](=O)[O-])c1)C(=O)Nc1cc(Cl)ccc1N1CCOCC1. The molecule has 2 N–H and O–H groups in total. The standard InChI is InChI=1S/C20H17ClN4O5/c21-15-2-3-17(24-5-7-30-8-6-24)16(11-15)23-20(27)14(12-22)9-13-1-4-19(26)18(10-13)25(28)29/h1-4,9-11,26H,5-8H2,(H,23,27)/b14-9+. The molecule has 0 radical (unpaired) electrons. The van der Waals surface area contributed by atoms with E-state index in [4.69, 9.17) is 16.3 Å². The number of phenolic OH excluding ortho intramolecular Hbond substituents is 1. The number of hydrogen-bond donors (Lipinski definition) is 2. The van der Waals surface area contributed by atoms with Gasteiger partial charge in [-0.1, -0.05) is 17.7 Å². The molecule has 2 aromatic rings. The number of morpholine rings is 1. The van der Waals surface area contributed by atoms with Crippen molar-refractivity contribution in [3.8, 4) is 11.8 Å². The summed E-state index contributed by atoms with van der Waals surface area (Å²) in [5, 5.41) is 33.1. The number of nitriles is 1. The fourth-order valence-electron chi connectivity index (χ4n) is 2.97. The van der Waals surface area contributed by atoms with Gasteiger partial charge in [0.2, 0.25) is 0 Å². The summed E-state index contributed by atoms with van der Waals surface area (Å²) in [6.45, 7) is 2.39. The van der Waals surface area contributed by atoms with Crippen molar-refractivity contribution in [3.05, 3.63) is 62.7 Å². The van der Waals surface area contributed by atoms with Gasteiger partial charge in [0.15, 0.2) is 5.75 Å². The molecule has 0 aliphatic carbocycles. The first kappa shape index (κ1) is 21.1. The van der Waals surface area contributed by atoms with Crippen LogP contribution in [0.15, 0.2) is 42.0 Å². The van der Waals surface area contributed by atoms with Crippen molar-refractivity contribution < 1.29 is 19.6 Å². The molecule has 2 aromatic carbocycles. The first-order valence-electron chi connectivity index (χ1n) is 8.92. The molecule has 1 aliphatic rings. The Morgan fingerprint density at radius 1 is 1.30 bits per heavy atom. The highest BCUT2D eigenvalue weighted by atomic mass is 35.5. The van der Waals surface area contributed by atoms with Crippen LogP contribution in [0.4, 0.5) is 17.1 Å². The number of nitrogens with one attached hydrogen (secondary N) is 1. The lowest BCUT2D eigenvalue weighted by Crippen LogP contribution is -2.36. The Kier molecular flexibility index (Phi) is 6.51. The topological polar surface area (TPSA) is 129 Å². The Balaban J connectivity index is 1.88. The number of nitrogens with zero attached hydrogens (tertiary/aromatic N) is 3. The number of benzene rings is 2. The maximum Gasteiger partial charge on any atom is 0.311 e. The first-order valence-corrected chi connectivity index (χ1v) is 9.29. The third-order valence-corrected chi connectivity index (χ3v) is 4.67. The van der Waals surface area contributed by atoms with E-state index in [1.54, 1.807) is 24.3 Å². The molecule has 9 nitrogen and oxygen atoms in total. The summed E-state index contributed by atoms with van der Waals surface area (Å²) in [6.07, 6.45) is 1.21. The molecule has 1 fully saturated rings. The number of phenols is 1. The quantitative estimate of drug-likeness (QED) is 0.323. The molecule has 1 aliphatic heterocycles. The second-order valence-electron chi connectivity index (χ2n) is 6.39. The summed E-state index contributed by atoms with van der Waals surface area (Å²) in [6, 6.07) is 10.5. The van der Waals surface area contributed by atoms with Crippen LogP contribution in [0.5, 0.6) is 5.75 Å². The van der Waals surface area contributed by atoms with Crippen LogP contribution in [0.1, 0.15) is 5.56 Å². The van der Waals surface area contributed by atoms with Crippen molar-refractivity contribution in [1.29, 1.82) is 5.26 Å². The van der Waals surface area contributed by atoms with E-state index in [0.717, 1.165) is 17.8 Å². The molecule has 30 heavy (non-hydrogen) atoms. The number of carbonyl (C=O) groups excluding carboxylic acids is 1. The van der Waals surface area contributed by atoms with Gasteiger partial charge in [-0.3, -0.25) is 14.9 Å². The lowest BCUT2D eigenvalue weighted by atomic mass is 10.1. The molecule has 0 saturated carbocycles. The minimum Gasteiger partial charge on any atom is -0.502 e. The van der Waals surface area contributed by atoms with Gasteiger partial charge in [0.1, 0.15) is 11.6 Å². The number of ether oxygens (including phenoxy) is 1. The van der Waals surface area contributed by atoms with E-state index in [0.29, 0.717) is 37.0 Å². The maximum atomic E-state index is 12.7. The number of aromatic hydroxyl groups is 1. The molecule has 3 rings (SSSR count). The highest BCUT2D eigenvalue weighted by Gasteiger charge is 2.19. The third kappa shape index (κ3) is 4.86. The van der Waals surface area contributed by atoms with E-state index in [1.807, 2.05) is 4.90 Å². The molecular weight excluding hydrogens is 412 g/mol. The van der Waals surface area contributed by atoms with Crippen molar-refractivity contribution in [1.82, 2.24) is 0 Å². The molecule has 154 valence electrons. The summed E-state index contributed by atoms with van der Waals surface area (Å²) < 4.78 is 5.35. The molecule has 1 amide bonds. The molecule has 0 bridgehead atoms. The van der Waals surface area contributed by atoms with Gasteiger partial charge in [-0.05, 0) is 35.9 Å². The van der Waals surface area contributed by atoms with E-state index in [2.05, 4.69) is 5.32 Å². The number of carbonyl (C=O) groups is 1. The number of nitro groups is 1. The second kappa shape index (κ2) is 9.26. The van der Waals surface area contributed by atoms with Crippen LogP contribution < -0.4 is 10.2 Å². The third-order valence-electron chi connectivity index (χ3n) is 4.43. The van der Waals surface area contributed by atoms with E-state index in [-0.39, 0.29) is 11.1 Å². The molecule has 0 unspecified atom stereocenters. The predicted octanol–water partition coefficient (Wildman–Crippen LogP) is 3.34. The molecule has 1 saturated heterocycles. The van der Waals surface area contributed by atoms with Crippen LogP contribution in [0.2, 0.25) is 5.02 Å². The zero-order valence-corrected chi connectivity index (χ0v) is 16.4. The Hall–Kier alpha value is -3.61. The lowest BCUT2D eigenvalue weighted by Gasteiger charge is -2.30. The van der Waals surface area contributed by atoms with Crippen molar-refractivity contribution >= 4 is 40.6 Å². The number of hydrogen-bond acceptors (Lipinski definition) is 7. The zero-order chi connectivity index (χ0) is 21.7. The lowest BCUT2D eigenvalue weighted by molar-refractivity contribution is -0.385. The van der Waals surface area contributed by atoms with Crippen LogP contribution in [0.3, 0.4) is 0 Å². The monoisotopic (exact) mass is 428 g/mol. The van der Waals surface area contributed by atoms with E-state index in [9.17, 15) is 25.3 Å². The van der Waals surface area contributed by atoms with Crippen molar-refractivity contribution in [2.75, 3.05) is 36.5 Å².